The maximum absolute atomic E-state index is 13.4. The summed E-state index contributed by atoms with van der Waals surface area (Å²) in [5.41, 5.74) is 1.76. The van der Waals surface area contributed by atoms with Gasteiger partial charge < -0.3 is 9.32 Å². The molecule has 3 atom stereocenters. The smallest absolute Gasteiger partial charge is 0.161 e. The van der Waals surface area contributed by atoms with Crippen molar-refractivity contribution in [3.05, 3.63) is 76.5 Å². The Hall–Kier alpha value is -2.12. The topological polar surface area (TPSA) is 41.6 Å². The van der Waals surface area contributed by atoms with Crippen LogP contribution in [0.1, 0.15) is 30.5 Å². The summed E-state index contributed by atoms with van der Waals surface area (Å²) >= 11 is 5.23. The number of thioether (sulfide) groups is 1. The number of furan rings is 1. The monoisotopic (exact) mass is 457 g/mol. The van der Waals surface area contributed by atoms with E-state index in [0.717, 1.165) is 28.7 Å². The van der Waals surface area contributed by atoms with Crippen LogP contribution in [0.5, 0.6) is 0 Å². The molecule has 1 aromatic carbocycles. The molecule has 142 valence electrons. The van der Waals surface area contributed by atoms with E-state index in [1.165, 1.54) is 12.1 Å². The van der Waals surface area contributed by atoms with Crippen LogP contribution in [-0.4, -0.2) is 26.8 Å². The normalized spacial score (nSPS) is 23.8. The number of fused-ring (bicyclic) bond motifs is 1. The molecule has 0 spiro atoms. The first kappa shape index (κ1) is 17.9. The molecular formula is C21H17BrFN3OS. The maximum Gasteiger partial charge on any atom is 0.161 e. The minimum Gasteiger partial charge on any atom is -0.459 e. The molecule has 4 heterocycles. The van der Waals surface area contributed by atoms with E-state index in [9.17, 15) is 4.39 Å². The first-order valence-electron chi connectivity index (χ1n) is 9.07. The van der Waals surface area contributed by atoms with Gasteiger partial charge in [0.25, 0.3) is 0 Å². The molecule has 0 amide bonds. The minimum atomic E-state index is -0.283. The Labute approximate surface area is 175 Å². The lowest BCUT2D eigenvalue weighted by Crippen LogP contribution is -2.28. The number of halogens is 2. The first-order valence-corrected chi connectivity index (χ1v) is 10.7. The third kappa shape index (κ3) is 3.06. The van der Waals surface area contributed by atoms with Gasteiger partial charge >= 0.3 is 0 Å². The van der Waals surface area contributed by atoms with Crippen molar-refractivity contribution in [2.24, 2.45) is 4.99 Å². The Bertz CT molecular complexity index is 1050. The van der Waals surface area contributed by atoms with Gasteiger partial charge in [-0.25, -0.2) is 9.38 Å². The first-order chi connectivity index (χ1) is 13.6. The van der Waals surface area contributed by atoms with Crippen LogP contribution in [0.3, 0.4) is 0 Å². The van der Waals surface area contributed by atoms with Crippen LogP contribution in [0.25, 0.3) is 11.3 Å². The van der Waals surface area contributed by atoms with Crippen LogP contribution in [0, 0.1) is 5.82 Å². The van der Waals surface area contributed by atoms with Crippen molar-refractivity contribution in [3.8, 4) is 11.3 Å². The van der Waals surface area contributed by atoms with Gasteiger partial charge in [0.2, 0.25) is 0 Å². The number of rotatable bonds is 3. The van der Waals surface area contributed by atoms with E-state index in [1.807, 2.05) is 30.3 Å². The van der Waals surface area contributed by atoms with Crippen molar-refractivity contribution < 1.29 is 8.81 Å². The molecule has 0 N–H and O–H groups in total. The van der Waals surface area contributed by atoms with Crippen LogP contribution in [0.15, 0.2) is 68.6 Å². The molecule has 0 unspecified atom stereocenters. The standard InChI is InChI=1S/C21H17BrFN3OS/c1-12-11-26-20(19(25-21(26)28-12)16-4-2-3-9-24-16)18-8-7-17(27-18)14-6-5-13(23)10-15(14)22/h2-10,12,19-20H,11H2,1H3/t12-,19-,20-/m1/s1. The second-order valence-electron chi connectivity index (χ2n) is 6.96. The van der Waals surface area contributed by atoms with Gasteiger partial charge in [0, 0.05) is 28.0 Å². The second-order valence-corrected chi connectivity index (χ2v) is 9.22. The molecule has 1 saturated heterocycles. The lowest BCUT2D eigenvalue weighted by Gasteiger charge is -2.25. The van der Waals surface area contributed by atoms with Gasteiger partial charge in [-0.3, -0.25) is 4.98 Å². The van der Waals surface area contributed by atoms with Gasteiger partial charge in [-0.15, -0.1) is 0 Å². The van der Waals surface area contributed by atoms with Crippen LogP contribution < -0.4 is 0 Å². The van der Waals surface area contributed by atoms with Gasteiger partial charge in [0.1, 0.15) is 29.4 Å². The zero-order valence-electron chi connectivity index (χ0n) is 15.0. The highest BCUT2D eigenvalue weighted by Gasteiger charge is 2.45. The number of amidine groups is 1. The number of benzene rings is 1. The molecule has 3 aromatic rings. The van der Waals surface area contributed by atoms with Gasteiger partial charge in [-0.1, -0.05) is 24.8 Å². The highest BCUT2D eigenvalue weighted by Crippen LogP contribution is 2.48. The van der Waals surface area contributed by atoms with Crippen LogP contribution in [0.2, 0.25) is 0 Å². The summed E-state index contributed by atoms with van der Waals surface area (Å²) in [6.07, 6.45) is 1.80. The van der Waals surface area contributed by atoms with E-state index >= 15 is 0 Å². The molecule has 0 bridgehead atoms. The molecule has 2 aromatic heterocycles. The number of pyridine rings is 1. The predicted molar refractivity (Wildman–Crippen MR) is 113 cm³/mol. The van der Waals surface area contributed by atoms with Gasteiger partial charge in [0.05, 0.1) is 5.69 Å². The Balaban J connectivity index is 1.54. The fourth-order valence-corrected chi connectivity index (χ4v) is 5.41. The molecule has 5 rings (SSSR count). The highest BCUT2D eigenvalue weighted by molar-refractivity contribution is 9.10. The highest BCUT2D eigenvalue weighted by atomic mass is 79.9. The quantitative estimate of drug-likeness (QED) is 0.495. The summed E-state index contributed by atoms with van der Waals surface area (Å²) in [6, 6.07) is 14.3. The summed E-state index contributed by atoms with van der Waals surface area (Å²) in [5, 5.41) is 1.54. The average Bonchev–Trinajstić information content (AvgIpc) is 3.36. The van der Waals surface area contributed by atoms with Crippen LogP contribution in [-0.2, 0) is 0 Å². The molecule has 4 nitrogen and oxygen atoms in total. The number of hydrogen-bond donors (Lipinski definition) is 0. The Morgan fingerprint density at radius 1 is 1.21 bits per heavy atom. The third-order valence-corrected chi connectivity index (χ3v) is 6.75. The van der Waals surface area contributed by atoms with Gasteiger partial charge in [-0.2, -0.15) is 0 Å². The number of hydrogen-bond acceptors (Lipinski definition) is 5. The maximum atomic E-state index is 13.4. The number of aromatic nitrogens is 1. The van der Waals surface area contributed by atoms with Crippen molar-refractivity contribution in [3.63, 3.8) is 0 Å². The largest absolute Gasteiger partial charge is 0.459 e. The SMILES string of the molecule is C[C@@H]1CN2C(=N[C@H](c3ccccn3)[C@H]2c2ccc(-c3ccc(F)cc3Br)o2)S1. The molecule has 0 radical (unpaired) electrons. The van der Waals surface area contributed by atoms with Gasteiger partial charge in [-0.05, 0) is 58.4 Å². The van der Waals surface area contributed by atoms with E-state index in [4.69, 9.17) is 9.41 Å². The minimum absolute atomic E-state index is 0.0321. The van der Waals surface area contributed by atoms with Crippen LogP contribution in [0.4, 0.5) is 4.39 Å². The summed E-state index contributed by atoms with van der Waals surface area (Å²) in [5.74, 6) is 1.26. The molecule has 7 heteroatoms. The fourth-order valence-electron chi connectivity index (χ4n) is 3.77. The Kier molecular flexibility index (Phi) is 4.51. The zero-order valence-corrected chi connectivity index (χ0v) is 17.5. The average molecular weight is 458 g/mol. The molecule has 1 fully saturated rings. The number of nitrogens with zero attached hydrogens (tertiary/aromatic N) is 3. The summed E-state index contributed by atoms with van der Waals surface area (Å²) in [4.78, 5) is 11.8. The van der Waals surface area contributed by atoms with Crippen molar-refractivity contribution in [1.82, 2.24) is 9.88 Å². The summed E-state index contributed by atoms with van der Waals surface area (Å²) in [7, 11) is 0. The van der Waals surface area contributed by atoms with E-state index in [2.05, 4.69) is 32.7 Å². The second kappa shape index (κ2) is 7.04. The molecule has 2 aliphatic rings. The van der Waals surface area contributed by atoms with Crippen molar-refractivity contribution in [2.75, 3.05) is 6.54 Å². The fraction of sp³-hybridized carbons (Fsp3) is 0.238. The van der Waals surface area contributed by atoms with E-state index in [1.54, 1.807) is 24.0 Å². The Morgan fingerprint density at radius 2 is 2.11 bits per heavy atom. The van der Waals surface area contributed by atoms with E-state index < -0.39 is 0 Å². The molecule has 0 aliphatic carbocycles. The van der Waals surface area contributed by atoms with Gasteiger partial charge in [0.15, 0.2) is 5.17 Å². The number of aliphatic imine (C=N–C) groups is 1. The lowest BCUT2D eigenvalue weighted by molar-refractivity contribution is 0.277. The molecule has 0 saturated carbocycles. The zero-order chi connectivity index (χ0) is 19.3. The molecule has 2 aliphatic heterocycles. The van der Waals surface area contributed by atoms with Crippen LogP contribution >= 0.6 is 27.7 Å². The van der Waals surface area contributed by atoms with E-state index in [-0.39, 0.29) is 17.9 Å². The molecular weight excluding hydrogens is 441 g/mol. The summed E-state index contributed by atoms with van der Waals surface area (Å²) in [6.45, 7) is 3.13. The van der Waals surface area contributed by atoms with Crippen molar-refractivity contribution >= 4 is 32.9 Å². The summed E-state index contributed by atoms with van der Waals surface area (Å²) < 4.78 is 20.4. The van der Waals surface area contributed by atoms with Crippen molar-refractivity contribution in [1.29, 1.82) is 0 Å². The lowest BCUT2D eigenvalue weighted by atomic mass is 10.0. The molecule has 28 heavy (non-hydrogen) atoms. The third-order valence-electron chi connectivity index (χ3n) is 5.00. The predicted octanol–water partition coefficient (Wildman–Crippen LogP) is 5.83. The van der Waals surface area contributed by atoms with E-state index in [0.29, 0.717) is 15.5 Å². The van der Waals surface area contributed by atoms with Crippen molar-refractivity contribution in [2.45, 2.75) is 24.3 Å². The Morgan fingerprint density at radius 3 is 2.89 bits per heavy atom.